The van der Waals surface area contributed by atoms with E-state index in [2.05, 4.69) is 4.90 Å². The molecule has 1 aliphatic heterocycles. The van der Waals surface area contributed by atoms with Gasteiger partial charge in [0.25, 0.3) is 0 Å². The van der Waals surface area contributed by atoms with Gasteiger partial charge in [0, 0.05) is 31.6 Å². The molecule has 1 aromatic carbocycles. The Bertz CT molecular complexity index is 757. The Balaban J connectivity index is 2.32. The first kappa shape index (κ1) is 25.0. The van der Waals surface area contributed by atoms with Gasteiger partial charge in [0.2, 0.25) is 5.91 Å². The van der Waals surface area contributed by atoms with Gasteiger partial charge in [0.05, 0.1) is 6.04 Å². The van der Waals surface area contributed by atoms with Crippen LogP contribution in [0.5, 0.6) is 5.75 Å². The van der Waals surface area contributed by atoms with Crippen molar-refractivity contribution in [2.45, 2.75) is 59.2 Å². The van der Waals surface area contributed by atoms with Gasteiger partial charge in [-0.3, -0.25) is 9.69 Å². The van der Waals surface area contributed by atoms with Gasteiger partial charge in [-0.25, -0.2) is 4.79 Å². The van der Waals surface area contributed by atoms with E-state index in [1.807, 2.05) is 84.8 Å². The van der Waals surface area contributed by atoms with Crippen molar-refractivity contribution >= 4 is 12.0 Å². The van der Waals surface area contributed by atoms with Crippen molar-refractivity contribution in [3.8, 4) is 5.75 Å². The molecule has 2 rings (SSSR count). The number of benzene rings is 1. The van der Waals surface area contributed by atoms with E-state index in [1.165, 1.54) is 0 Å². The van der Waals surface area contributed by atoms with Gasteiger partial charge in [-0.1, -0.05) is 26.0 Å². The van der Waals surface area contributed by atoms with Gasteiger partial charge >= 0.3 is 6.09 Å². The van der Waals surface area contributed by atoms with Crippen molar-refractivity contribution in [3.05, 3.63) is 29.8 Å². The van der Waals surface area contributed by atoms with Crippen LogP contribution in [0.2, 0.25) is 0 Å². The molecule has 0 aliphatic carbocycles. The van der Waals surface area contributed by atoms with E-state index in [0.717, 1.165) is 17.9 Å². The average Bonchev–Trinajstić information content (AvgIpc) is 2.65. The number of ether oxygens (including phenoxy) is 2. The minimum absolute atomic E-state index is 0.0850. The highest BCUT2D eigenvalue weighted by Gasteiger charge is 2.39. The Morgan fingerprint density at radius 3 is 2.42 bits per heavy atom. The van der Waals surface area contributed by atoms with Crippen LogP contribution in [0.3, 0.4) is 0 Å². The molecule has 0 bridgehead atoms. The molecule has 0 spiro atoms. The van der Waals surface area contributed by atoms with Crippen LogP contribution in [0.4, 0.5) is 4.79 Å². The van der Waals surface area contributed by atoms with E-state index >= 15 is 0 Å². The molecule has 2 atom stereocenters. The number of piperazine rings is 1. The highest BCUT2D eigenvalue weighted by atomic mass is 16.6. The van der Waals surface area contributed by atoms with Crippen LogP contribution in [-0.4, -0.2) is 78.7 Å². The fraction of sp³-hybridized carbons (Fsp3) is 0.667. The molecule has 0 N–H and O–H groups in total. The van der Waals surface area contributed by atoms with Crippen molar-refractivity contribution in [2.75, 3.05) is 40.3 Å². The predicted molar refractivity (Wildman–Crippen MR) is 122 cm³/mol. The Kier molecular flexibility index (Phi) is 8.34. The molecule has 0 radical (unpaired) electrons. The van der Waals surface area contributed by atoms with Gasteiger partial charge in [-0.15, -0.1) is 0 Å². The van der Waals surface area contributed by atoms with Gasteiger partial charge in [-0.2, -0.15) is 0 Å². The van der Waals surface area contributed by atoms with E-state index in [1.54, 1.807) is 4.90 Å². The zero-order valence-corrected chi connectivity index (χ0v) is 20.3. The maximum absolute atomic E-state index is 13.0. The lowest BCUT2D eigenvalue weighted by atomic mass is 9.98. The van der Waals surface area contributed by atoms with Crippen LogP contribution in [0.15, 0.2) is 24.3 Å². The van der Waals surface area contributed by atoms with Crippen LogP contribution in [-0.2, 0) is 9.53 Å². The highest BCUT2D eigenvalue weighted by molar-refractivity contribution is 5.79. The number of rotatable bonds is 6. The first-order chi connectivity index (χ1) is 14.4. The molecule has 7 nitrogen and oxygen atoms in total. The van der Waals surface area contributed by atoms with Gasteiger partial charge in [0.1, 0.15) is 18.0 Å². The van der Waals surface area contributed by atoms with E-state index in [9.17, 15) is 9.59 Å². The number of carbonyl (C=O) groups is 2. The lowest BCUT2D eigenvalue weighted by Gasteiger charge is -2.46. The Morgan fingerprint density at radius 1 is 1.16 bits per heavy atom. The van der Waals surface area contributed by atoms with Gasteiger partial charge in [0.15, 0.2) is 0 Å². The molecule has 0 saturated carbocycles. The van der Waals surface area contributed by atoms with E-state index < -0.39 is 5.60 Å². The molecule has 1 saturated heterocycles. The lowest BCUT2D eigenvalue weighted by molar-refractivity contribution is -0.140. The molecular formula is C24H39N3O4. The Hall–Kier alpha value is -2.28. The third-order valence-corrected chi connectivity index (χ3v) is 5.19. The zero-order chi connectivity index (χ0) is 23.3. The fourth-order valence-corrected chi connectivity index (χ4v) is 3.58. The van der Waals surface area contributed by atoms with Crippen LogP contribution in [0.25, 0.3) is 0 Å². The molecule has 7 heteroatoms. The first-order valence-electron chi connectivity index (χ1n) is 11.1. The molecule has 0 aromatic heterocycles. The summed E-state index contributed by atoms with van der Waals surface area (Å²) >= 11 is 0. The summed E-state index contributed by atoms with van der Waals surface area (Å²) in [6.07, 6.45) is -0.361. The molecule has 174 valence electrons. The standard InChI is InChI=1S/C24H39N3O4/c1-17(2)22(28)26-16-21(27(15-18(26)3)23(29)31-24(4,5)6)19-10-9-11-20(14-19)30-13-12-25(7)8/h9-11,14,17-18,21H,12-13,15-16H2,1-8H3/t18-,21+/m1/s1. The van der Waals surface area contributed by atoms with Crippen molar-refractivity contribution in [2.24, 2.45) is 5.92 Å². The smallest absolute Gasteiger partial charge is 0.410 e. The largest absolute Gasteiger partial charge is 0.492 e. The number of hydrogen-bond acceptors (Lipinski definition) is 5. The monoisotopic (exact) mass is 433 g/mol. The summed E-state index contributed by atoms with van der Waals surface area (Å²) in [6.45, 7) is 13.6. The SMILES string of the molecule is CC(C)C(=O)N1C[C@@H](c2cccc(OCCN(C)C)c2)N(C(=O)OC(C)(C)C)C[C@H]1C. The second-order valence-corrected chi connectivity index (χ2v) is 9.87. The quantitative estimate of drug-likeness (QED) is 0.683. The third-order valence-electron chi connectivity index (χ3n) is 5.19. The molecule has 1 aliphatic rings. The summed E-state index contributed by atoms with van der Waals surface area (Å²) in [6, 6.07) is 7.41. The zero-order valence-electron chi connectivity index (χ0n) is 20.3. The van der Waals surface area contributed by atoms with E-state index in [-0.39, 0.29) is 30.0 Å². The number of likely N-dealkylation sites (N-methyl/N-ethyl adjacent to an activating group) is 1. The van der Waals surface area contributed by atoms with E-state index in [0.29, 0.717) is 19.7 Å². The minimum Gasteiger partial charge on any atom is -0.492 e. The first-order valence-corrected chi connectivity index (χ1v) is 11.1. The second-order valence-electron chi connectivity index (χ2n) is 9.87. The van der Waals surface area contributed by atoms with Gasteiger partial charge < -0.3 is 19.3 Å². The maximum Gasteiger partial charge on any atom is 0.410 e. The second kappa shape index (κ2) is 10.4. The summed E-state index contributed by atoms with van der Waals surface area (Å²) in [4.78, 5) is 31.6. The Labute approximate surface area is 187 Å². The molecule has 0 unspecified atom stereocenters. The topological polar surface area (TPSA) is 62.3 Å². The summed E-state index contributed by atoms with van der Waals surface area (Å²) in [5, 5.41) is 0. The fourth-order valence-electron chi connectivity index (χ4n) is 3.58. The lowest BCUT2D eigenvalue weighted by Crippen LogP contribution is -2.58. The summed E-state index contributed by atoms with van der Waals surface area (Å²) in [5.74, 6) is 0.750. The summed E-state index contributed by atoms with van der Waals surface area (Å²) < 4.78 is 11.6. The van der Waals surface area contributed by atoms with Crippen molar-refractivity contribution in [1.82, 2.24) is 14.7 Å². The molecule has 1 fully saturated rings. The van der Waals surface area contributed by atoms with Crippen LogP contribution in [0.1, 0.15) is 53.1 Å². The maximum atomic E-state index is 13.0. The number of hydrogen-bond donors (Lipinski definition) is 0. The molecule has 1 aromatic rings. The average molecular weight is 434 g/mol. The van der Waals surface area contributed by atoms with Crippen LogP contribution < -0.4 is 4.74 Å². The number of nitrogens with zero attached hydrogens (tertiary/aromatic N) is 3. The normalized spacial score (nSPS) is 19.7. The molecule has 1 heterocycles. The van der Waals surface area contributed by atoms with E-state index in [4.69, 9.17) is 9.47 Å². The summed E-state index contributed by atoms with van der Waals surface area (Å²) in [5.41, 5.74) is 0.342. The summed E-state index contributed by atoms with van der Waals surface area (Å²) in [7, 11) is 4.00. The van der Waals surface area contributed by atoms with Crippen molar-refractivity contribution < 1.29 is 19.1 Å². The molecular weight excluding hydrogens is 394 g/mol. The number of amides is 2. The van der Waals surface area contributed by atoms with Crippen molar-refractivity contribution in [3.63, 3.8) is 0 Å². The van der Waals surface area contributed by atoms with Crippen molar-refractivity contribution in [1.29, 1.82) is 0 Å². The number of carbonyl (C=O) groups excluding carboxylic acids is 2. The predicted octanol–water partition coefficient (Wildman–Crippen LogP) is 3.79. The van der Waals surface area contributed by atoms with Gasteiger partial charge in [-0.05, 0) is 59.5 Å². The van der Waals surface area contributed by atoms with Crippen LogP contribution >= 0.6 is 0 Å². The minimum atomic E-state index is -0.590. The Morgan fingerprint density at radius 2 is 1.84 bits per heavy atom. The van der Waals surface area contributed by atoms with Crippen LogP contribution in [0, 0.1) is 5.92 Å². The molecule has 31 heavy (non-hydrogen) atoms. The molecule has 2 amide bonds. The highest BCUT2D eigenvalue weighted by Crippen LogP contribution is 2.32. The third kappa shape index (κ3) is 7.13.